The first kappa shape index (κ1) is 17.8. The van der Waals surface area contributed by atoms with E-state index in [1.807, 2.05) is 0 Å². The summed E-state index contributed by atoms with van der Waals surface area (Å²) in [6, 6.07) is 3.32. The van der Waals surface area contributed by atoms with Crippen molar-refractivity contribution in [2.24, 2.45) is 0 Å². The van der Waals surface area contributed by atoms with Gasteiger partial charge < -0.3 is 24.4 Å². The molecule has 0 spiro atoms. The second kappa shape index (κ2) is 7.90. The number of methoxy groups -OCH3 is 3. The topological polar surface area (TPSA) is 85.8 Å². The first-order valence-electron chi connectivity index (χ1n) is 8.34. The molecule has 0 saturated carbocycles. The summed E-state index contributed by atoms with van der Waals surface area (Å²) in [6.07, 6.45) is 5.44. The summed E-state index contributed by atoms with van der Waals surface area (Å²) < 4.78 is 15.9. The Morgan fingerprint density at radius 3 is 2.15 bits per heavy atom. The molecule has 0 unspecified atom stereocenters. The molecular weight excluding hydrogens is 336 g/mol. The minimum atomic E-state index is -0.361. The van der Waals surface area contributed by atoms with Crippen molar-refractivity contribution in [3.05, 3.63) is 30.2 Å². The minimum absolute atomic E-state index is 0.238. The molecule has 1 aliphatic rings. The van der Waals surface area contributed by atoms with Crippen LogP contribution < -0.4 is 24.4 Å². The Hall–Kier alpha value is -3.03. The zero-order valence-electron chi connectivity index (χ0n) is 15.1. The molecule has 1 amide bonds. The summed E-state index contributed by atoms with van der Waals surface area (Å²) in [6.45, 7) is 1.96. The molecule has 0 radical (unpaired) electrons. The van der Waals surface area contributed by atoms with Gasteiger partial charge in [0.2, 0.25) is 5.75 Å². The molecule has 1 aromatic carbocycles. The van der Waals surface area contributed by atoms with Crippen molar-refractivity contribution in [3.8, 4) is 17.2 Å². The maximum Gasteiger partial charge on any atom is 0.275 e. The summed E-state index contributed by atoms with van der Waals surface area (Å²) in [5, 5.41) is 2.78. The van der Waals surface area contributed by atoms with Crippen LogP contribution >= 0.6 is 0 Å². The van der Waals surface area contributed by atoms with Gasteiger partial charge in [-0.2, -0.15) is 0 Å². The Bertz CT molecular complexity index is 748. The van der Waals surface area contributed by atoms with Crippen LogP contribution in [0.25, 0.3) is 0 Å². The van der Waals surface area contributed by atoms with Crippen LogP contribution in [0.2, 0.25) is 0 Å². The fraction of sp³-hybridized carbons (Fsp3) is 0.389. The maximum atomic E-state index is 12.5. The van der Waals surface area contributed by atoms with Crippen LogP contribution in [0.5, 0.6) is 17.2 Å². The van der Waals surface area contributed by atoms with Crippen LogP contribution in [0.3, 0.4) is 0 Å². The molecule has 8 heteroatoms. The molecule has 1 aliphatic heterocycles. The number of nitrogens with zero attached hydrogens (tertiary/aromatic N) is 3. The van der Waals surface area contributed by atoms with E-state index in [9.17, 15) is 4.79 Å². The Morgan fingerprint density at radius 1 is 1.00 bits per heavy atom. The summed E-state index contributed by atoms with van der Waals surface area (Å²) in [7, 11) is 4.56. The van der Waals surface area contributed by atoms with Gasteiger partial charge in [0.25, 0.3) is 5.91 Å². The fourth-order valence-corrected chi connectivity index (χ4v) is 2.90. The average molecular weight is 358 g/mol. The van der Waals surface area contributed by atoms with Gasteiger partial charge in [0.15, 0.2) is 11.5 Å². The summed E-state index contributed by atoms with van der Waals surface area (Å²) in [5.41, 5.74) is 0.747. The molecule has 2 aromatic rings. The van der Waals surface area contributed by atoms with E-state index in [-0.39, 0.29) is 11.6 Å². The third-order valence-electron chi connectivity index (χ3n) is 4.22. The van der Waals surface area contributed by atoms with Gasteiger partial charge >= 0.3 is 0 Å². The molecular formula is C18H22N4O4. The Labute approximate surface area is 152 Å². The van der Waals surface area contributed by atoms with Gasteiger partial charge in [0, 0.05) is 30.9 Å². The molecule has 8 nitrogen and oxygen atoms in total. The van der Waals surface area contributed by atoms with Crippen LogP contribution in [0.1, 0.15) is 23.3 Å². The molecule has 138 valence electrons. The van der Waals surface area contributed by atoms with Crippen molar-refractivity contribution in [1.82, 2.24) is 9.97 Å². The molecule has 0 bridgehead atoms. The van der Waals surface area contributed by atoms with Gasteiger partial charge in [0.05, 0.1) is 33.7 Å². The van der Waals surface area contributed by atoms with Crippen molar-refractivity contribution in [3.63, 3.8) is 0 Å². The Morgan fingerprint density at radius 2 is 1.65 bits per heavy atom. The highest BCUT2D eigenvalue weighted by atomic mass is 16.5. The maximum absolute atomic E-state index is 12.5. The predicted molar refractivity (Wildman–Crippen MR) is 97.5 cm³/mol. The standard InChI is InChI=1S/C18H22N4O4/c1-24-14-8-12(9-15(25-2)17(14)26-3)21-18(23)13-10-20-16(11-19-13)22-6-4-5-7-22/h8-11H,4-7H2,1-3H3,(H,21,23). The highest BCUT2D eigenvalue weighted by Gasteiger charge is 2.17. The van der Waals surface area contributed by atoms with Crippen molar-refractivity contribution in [2.75, 3.05) is 44.6 Å². The Balaban J connectivity index is 1.77. The van der Waals surface area contributed by atoms with E-state index in [1.165, 1.54) is 27.5 Å². The van der Waals surface area contributed by atoms with Gasteiger partial charge in [-0.3, -0.25) is 4.79 Å². The zero-order chi connectivity index (χ0) is 18.5. The number of anilines is 2. The van der Waals surface area contributed by atoms with Crippen molar-refractivity contribution in [2.45, 2.75) is 12.8 Å². The van der Waals surface area contributed by atoms with E-state index < -0.39 is 0 Å². The smallest absolute Gasteiger partial charge is 0.275 e. The molecule has 1 saturated heterocycles. The van der Waals surface area contributed by atoms with Crippen LogP contribution in [0.15, 0.2) is 24.5 Å². The van der Waals surface area contributed by atoms with E-state index in [0.29, 0.717) is 22.9 Å². The van der Waals surface area contributed by atoms with Gasteiger partial charge in [0.1, 0.15) is 11.5 Å². The van der Waals surface area contributed by atoms with Gasteiger partial charge in [-0.05, 0) is 12.8 Å². The lowest BCUT2D eigenvalue weighted by Crippen LogP contribution is -2.20. The molecule has 1 N–H and O–H groups in total. The van der Waals surface area contributed by atoms with Crippen LogP contribution in [0.4, 0.5) is 11.5 Å². The quantitative estimate of drug-likeness (QED) is 0.848. The lowest BCUT2D eigenvalue weighted by atomic mass is 10.2. The lowest BCUT2D eigenvalue weighted by molar-refractivity contribution is 0.102. The molecule has 1 fully saturated rings. The number of carbonyl (C=O) groups excluding carboxylic acids is 1. The summed E-state index contributed by atoms with van der Waals surface area (Å²) in [4.78, 5) is 23.2. The van der Waals surface area contributed by atoms with Crippen molar-refractivity contribution >= 4 is 17.4 Å². The second-order valence-electron chi connectivity index (χ2n) is 5.82. The normalized spacial score (nSPS) is 13.4. The van der Waals surface area contributed by atoms with Crippen LogP contribution in [-0.4, -0.2) is 50.3 Å². The average Bonchev–Trinajstić information content (AvgIpc) is 3.22. The Kier molecular flexibility index (Phi) is 5.40. The monoisotopic (exact) mass is 358 g/mol. The van der Waals surface area contributed by atoms with E-state index in [0.717, 1.165) is 31.7 Å². The van der Waals surface area contributed by atoms with E-state index in [2.05, 4.69) is 20.2 Å². The number of nitrogens with one attached hydrogen (secondary N) is 1. The molecule has 1 aromatic heterocycles. The van der Waals surface area contributed by atoms with Gasteiger partial charge in [-0.1, -0.05) is 0 Å². The summed E-state index contributed by atoms with van der Waals surface area (Å²) in [5.74, 6) is 1.81. The molecule has 2 heterocycles. The second-order valence-corrected chi connectivity index (χ2v) is 5.82. The van der Waals surface area contributed by atoms with Gasteiger partial charge in [-0.15, -0.1) is 0 Å². The number of hydrogen-bond acceptors (Lipinski definition) is 7. The van der Waals surface area contributed by atoms with Gasteiger partial charge in [-0.25, -0.2) is 9.97 Å². The highest BCUT2D eigenvalue weighted by molar-refractivity contribution is 6.03. The number of hydrogen-bond donors (Lipinski definition) is 1. The number of rotatable bonds is 6. The summed E-state index contributed by atoms with van der Waals surface area (Å²) >= 11 is 0. The largest absolute Gasteiger partial charge is 0.493 e. The van der Waals surface area contributed by atoms with Crippen molar-refractivity contribution in [1.29, 1.82) is 0 Å². The third kappa shape index (κ3) is 3.63. The van der Waals surface area contributed by atoms with Crippen LogP contribution in [-0.2, 0) is 0 Å². The number of ether oxygens (including phenoxy) is 3. The zero-order valence-corrected chi connectivity index (χ0v) is 15.1. The number of carbonyl (C=O) groups is 1. The number of benzene rings is 1. The van der Waals surface area contributed by atoms with E-state index in [4.69, 9.17) is 14.2 Å². The highest BCUT2D eigenvalue weighted by Crippen LogP contribution is 2.40. The fourth-order valence-electron chi connectivity index (χ4n) is 2.90. The molecule has 0 atom stereocenters. The first-order chi connectivity index (χ1) is 12.7. The van der Waals surface area contributed by atoms with Crippen LogP contribution in [0, 0.1) is 0 Å². The van der Waals surface area contributed by atoms with Crippen molar-refractivity contribution < 1.29 is 19.0 Å². The number of amides is 1. The first-order valence-corrected chi connectivity index (χ1v) is 8.34. The van der Waals surface area contributed by atoms with E-state index in [1.54, 1.807) is 18.3 Å². The molecule has 0 aliphatic carbocycles. The molecule has 3 rings (SSSR count). The SMILES string of the molecule is COc1cc(NC(=O)c2cnc(N3CCCC3)cn2)cc(OC)c1OC. The minimum Gasteiger partial charge on any atom is -0.493 e. The predicted octanol–water partition coefficient (Wildman–Crippen LogP) is 2.35. The third-order valence-corrected chi connectivity index (χ3v) is 4.22. The lowest BCUT2D eigenvalue weighted by Gasteiger charge is -2.16. The number of aromatic nitrogens is 2. The van der Waals surface area contributed by atoms with E-state index >= 15 is 0 Å². The molecule has 26 heavy (non-hydrogen) atoms.